The normalized spacial score (nSPS) is 11.5. The van der Waals surface area contributed by atoms with Crippen LogP contribution in [0.5, 0.6) is 0 Å². The highest BCUT2D eigenvalue weighted by molar-refractivity contribution is 5.94. The Morgan fingerprint density at radius 3 is 2.71 bits per heavy atom. The standard InChI is InChI=1S/C25H23N3/c1-3-8-20(15-21-9-6-5-7-10-21)13-14-27-25-22(17-26)18-28-24-12-11-19(4-2)16-23(24)25/h3,5-14,16,18H,1,4,15H2,2H3,(H,27,28)/b14-13-,20-8+. The summed E-state index contributed by atoms with van der Waals surface area (Å²) in [6.07, 6.45) is 11.1. The zero-order chi connectivity index (χ0) is 19.8. The van der Waals surface area contributed by atoms with Crippen LogP contribution in [0.2, 0.25) is 0 Å². The first-order valence-corrected chi connectivity index (χ1v) is 9.35. The zero-order valence-corrected chi connectivity index (χ0v) is 16.0. The Balaban J connectivity index is 1.89. The van der Waals surface area contributed by atoms with Crippen LogP contribution in [0.3, 0.4) is 0 Å². The Labute approximate surface area is 166 Å². The Morgan fingerprint density at radius 1 is 1.18 bits per heavy atom. The van der Waals surface area contributed by atoms with Crippen molar-refractivity contribution >= 4 is 16.6 Å². The maximum absolute atomic E-state index is 9.51. The van der Waals surface area contributed by atoms with Crippen molar-refractivity contribution in [2.75, 3.05) is 5.32 Å². The molecule has 3 heteroatoms. The van der Waals surface area contributed by atoms with E-state index in [2.05, 4.69) is 54.1 Å². The second-order valence-electron chi connectivity index (χ2n) is 6.48. The average Bonchev–Trinajstić information content (AvgIpc) is 2.74. The number of nitrogens with one attached hydrogen (secondary N) is 1. The van der Waals surface area contributed by atoms with Gasteiger partial charge in [0, 0.05) is 17.8 Å². The highest BCUT2D eigenvalue weighted by Crippen LogP contribution is 2.27. The molecule has 0 aliphatic carbocycles. The lowest BCUT2D eigenvalue weighted by Gasteiger charge is -2.10. The van der Waals surface area contributed by atoms with Gasteiger partial charge in [0.2, 0.25) is 0 Å². The number of fused-ring (bicyclic) bond motifs is 1. The van der Waals surface area contributed by atoms with Gasteiger partial charge < -0.3 is 5.32 Å². The van der Waals surface area contributed by atoms with Crippen molar-refractivity contribution in [1.29, 1.82) is 5.26 Å². The van der Waals surface area contributed by atoms with Gasteiger partial charge >= 0.3 is 0 Å². The van der Waals surface area contributed by atoms with Gasteiger partial charge in [-0.3, -0.25) is 4.98 Å². The Hall–Kier alpha value is -3.64. The molecule has 0 fully saturated rings. The third-order valence-corrected chi connectivity index (χ3v) is 4.57. The Morgan fingerprint density at radius 2 is 2.00 bits per heavy atom. The fourth-order valence-electron chi connectivity index (χ4n) is 3.09. The summed E-state index contributed by atoms with van der Waals surface area (Å²) in [7, 11) is 0. The van der Waals surface area contributed by atoms with Crippen molar-refractivity contribution in [3.8, 4) is 6.07 Å². The predicted octanol–water partition coefficient (Wildman–Crippen LogP) is 5.95. The number of hydrogen-bond acceptors (Lipinski definition) is 3. The number of nitrogens with zero attached hydrogens (tertiary/aromatic N) is 2. The molecule has 28 heavy (non-hydrogen) atoms. The predicted molar refractivity (Wildman–Crippen MR) is 117 cm³/mol. The van der Waals surface area contributed by atoms with E-state index in [1.807, 2.05) is 42.6 Å². The van der Waals surface area contributed by atoms with Crippen LogP contribution in [0.25, 0.3) is 10.9 Å². The molecule has 0 amide bonds. The molecule has 2 aromatic carbocycles. The van der Waals surface area contributed by atoms with E-state index in [-0.39, 0.29) is 0 Å². The quantitative estimate of drug-likeness (QED) is 0.526. The van der Waals surface area contributed by atoms with Crippen LogP contribution in [-0.2, 0) is 12.8 Å². The fourth-order valence-corrected chi connectivity index (χ4v) is 3.09. The highest BCUT2D eigenvalue weighted by Gasteiger charge is 2.08. The molecule has 0 aliphatic heterocycles. The third-order valence-electron chi connectivity index (χ3n) is 4.57. The molecule has 3 aromatic rings. The summed E-state index contributed by atoms with van der Waals surface area (Å²) in [6, 6.07) is 18.7. The lowest BCUT2D eigenvalue weighted by atomic mass is 10.0. The van der Waals surface area contributed by atoms with Gasteiger partial charge in [-0.1, -0.05) is 62.1 Å². The molecule has 0 spiro atoms. The molecule has 0 aliphatic rings. The lowest BCUT2D eigenvalue weighted by Crippen LogP contribution is -1.97. The first kappa shape index (κ1) is 19.1. The van der Waals surface area contributed by atoms with Crippen molar-refractivity contribution in [2.24, 2.45) is 0 Å². The summed E-state index contributed by atoms with van der Waals surface area (Å²) in [5.74, 6) is 0. The number of aromatic nitrogens is 1. The molecule has 1 N–H and O–H groups in total. The van der Waals surface area contributed by atoms with Gasteiger partial charge in [0.1, 0.15) is 6.07 Å². The molecular weight excluding hydrogens is 342 g/mol. The van der Waals surface area contributed by atoms with Gasteiger partial charge in [-0.15, -0.1) is 0 Å². The number of nitriles is 1. The van der Waals surface area contributed by atoms with E-state index in [1.165, 1.54) is 11.1 Å². The molecule has 138 valence electrons. The molecule has 0 radical (unpaired) electrons. The number of rotatable bonds is 7. The van der Waals surface area contributed by atoms with Gasteiger partial charge in [-0.2, -0.15) is 5.26 Å². The minimum absolute atomic E-state index is 0.530. The number of pyridine rings is 1. The number of benzene rings is 2. The largest absolute Gasteiger partial charge is 0.360 e. The van der Waals surface area contributed by atoms with Crippen molar-refractivity contribution in [2.45, 2.75) is 19.8 Å². The summed E-state index contributed by atoms with van der Waals surface area (Å²) in [5.41, 5.74) is 5.77. The number of anilines is 1. The second-order valence-corrected chi connectivity index (χ2v) is 6.48. The van der Waals surface area contributed by atoms with Gasteiger partial charge in [0.05, 0.1) is 16.8 Å². The van der Waals surface area contributed by atoms with Crippen LogP contribution in [0.1, 0.15) is 23.6 Å². The smallest absolute Gasteiger partial charge is 0.103 e. The zero-order valence-electron chi connectivity index (χ0n) is 16.0. The molecule has 3 nitrogen and oxygen atoms in total. The van der Waals surface area contributed by atoms with E-state index in [4.69, 9.17) is 0 Å². The van der Waals surface area contributed by atoms with E-state index in [0.717, 1.165) is 35.0 Å². The molecule has 0 bridgehead atoms. The van der Waals surface area contributed by atoms with Crippen LogP contribution in [0, 0.1) is 11.3 Å². The first-order chi connectivity index (χ1) is 13.7. The van der Waals surface area contributed by atoms with Gasteiger partial charge in [-0.25, -0.2) is 0 Å². The number of hydrogen-bond donors (Lipinski definition) is 1. The summed E-state index contributed by atoms with van der Waals surface area (Å²) >= 11 is 0. The average molecular weight is 365 g/mol. The van der Waals surface area contributed by atoms with Crippen LogP contribution < -0.4 is 5.32 Å². The fraction of sp³-hybridized carbons (Fsp3) is 0.120. The lowest BCUT2D eigenvalue weighted by molar-refractivity contribution is 1.14. The minimum Gasteiger partial charge on any atom is -0.360 e. The third kappa shape index (κ3) is 4.55. The summed E-state index contributed by atoms with van der Waals surface area (Å²) in [4.78, 5) is 4.41. The summed E-state index contributed by atoms with van der Waals surface area (Å²) < 4.78 is 0. The van der Waals surface area contributed by atoms with Crippen molar-refractivity contribution in [1.82, 2.24) is 4.98 Å². The van der Waals surface area contributed by atoms with E-state index >= 15 is 0 Å². The van der Waals surface area contributed by atoms with Crippen LogP contribution in [0.15, 0.2) is 91.3 Å². The molecule has 0 unspecified atom stereocenters. The van der Waals surface area contributed by atoms with Crippen LogP contribution in [0.4, 0.5) is 5.69 Å². The van der Waals surface area contributed by atoms with Crippen LogP contribution in [-0.4, -0.2) is 4.98 Å². The summed E-state index contributed by atoms with van der Waals surface area (Å²) in [6.45, 7) is 5.93. The van der Waals surface area contributed by atoms with Gasteiger partial charge in [-0.05, 0) is 47.8 Å². The van der Waals surface area contributed by atoms with Gasteiger partial charge in [0.25, 0.3) is 0 Å². The molecule has 0 atom stereocenters. The van der Waals surface area contributed by atoms with Crippen LogP contribution >= 0.6 is 0 Å². The first-order valence-electron chi connectivity index (χ1n) is 9.35. The molecule has 0 saturated heterocycles. The molecule has 1 aromatic heterocycles. The molecule has 0 saturated carbocycles. The minimum atomic E-state index is 0.530. The Kier molecular flexibility index (Phi) is 6.38. The number of allylic oxidation sites excluding steroid dienone is 4. The van der Waals surface area contributed by atoms with Crippen molar-refractivity contribution < 1.29 is 0 Å². The van der Waals surface area contributed by atoms with E-state index in [9.17, 15) is 5.26 Å². The highest BCUT2D eigenvalue weighted by atomic mass is 14.9. The maximum atomic E-state index is 9.51. The maximum Gasteiger partial charge on any atom is 0.103 e. The molecule has 3 rings (SSSR count). The SMILES string of the molecule is C=C/C=C(\C=C/Nc1c(C#N)cnc2ccc(CC)cc12)Cc1ccccc1. The molecule has 1 heterocycles. The molecular formula is C25H23N3. The summed E-state index contributed by atoms with van der Waals surface area (Å²) in [5, 5.41) is 13.8. The van der Waals surface area contributed by atoms with Crippen molar-refractivity contribution in [3.05, 3.63) is 108 Å². The topological polar surface area (TPSA) is 48.7 Å². The van der Waals surface area contributed by atoms with E-state index in [0.29, 0.717) is 5.56 Å². The monoisotopic (exact) mass is 365 g/mol. The van der Waals surface area contributed by atoms with E-state index < -0.39 is 0 Å². The Bertz CT molecular complexity index is 1070. The van der Waals surface area contributed by atoms with E-state index in [1.54, 1.807) is 12.3 Å². The second kappa shape index (κ2) is 9.34. The van der Waals surface area contributed by atoms with Crippen molar-refractivity contribution in [3.63, 3.8) is 0 Å². The van der Waals surface area contributed by atoms with Gasteiger partial charge in [0.15, 0.2) is 0 Å². The number of aryl methyl sites for hydroxylation is 1.